The van der Waals surface area contributed by atoms with Crippen LogP contribution in [-0.4, -0.2) is 30.7 Å². The van der Waals surface area contributed by atoms with Crippen LogP contribution in [0.4, 0.5) is 0 Å². The average Bonchev–Trinajstić information content (AvgIpc) is 2.64. The van der Waals surface area contributed by atoms with Gasteiger partial charge in [-0.1, -0.05) is 0 Å². The highest BCUT2D eigenvalue weighted by atomic mass is 32.2. The summed E-state index contributed by atoms with van der Waals surface area (Å²) in [5.41, 5.74) is -0.0631. The second-order valence-electron chi connectivity index (χ2n) is 3.34. The fourth-order valence-corrected chi connectivity index (χ4v) is 2.94. The number of carbonyl (C=O) groups is 1. The number of aromatic nitrogens is 2. The lowest BCUT2D eigenvalue weighted by molar-refractivity contribution is 0.0979. The number of nitrogens with one attached hydrogen (secondary N) is 1. The summed E-state index contributed by atoms with van der Waals surface area (Å²) in [5.74, 6) is -0.509. The van der Waals surface area contributed by atoms with Gasteiger partial charge in [0.25, 0.3) is 15.9 Å². The predicted molar refractivity (Wildman–Crippen MR) is 47.0 cm³/mol. The van der Waals surface area contributed by atoms with Crippen molar-refractivity contribution in [3.8, 4) is 5.88 Å². The molecule has 0 saturated carbocycles. The molecule has 0 bridgehead atoms. The van der Waals surface area contributed by atoms with Gasteiger partial charge in [-0.15, -0.1) is 0 Å². The van der Waals surface area contributed by atoms with Gasteiger partial charge in [0.15, 0.2) is 10.6 Å². The number of carbonyl (C=O) groups excluding carboxylic acids is 1. The lowest BCUT2D eigenvalue weighted by Crippen LogP contribution is -2.24. The zero-order valence-corrected chi connectivity index (χ0v) is 8.37. The number of ether oxygens (including phenoxy) is 1. The van der Waals surface area contributed by atoms with E-state index >= 15 is 0 Å². The zero-order chi connectivity index (χ0) is 10.6. The molecule has 1 N–H and O–H groups in total. The summed E-state index contributed by atoms with van der Waals surface area (Å²) in [6.07, 6.45) is 0.759. The minimum atomic E-state index is -3.76. The van der Waals surface area contributed by atoms with Gasteiger partial charge in [0, 0.05) is 13.0 Å². The van der Waals surface area contributed by atoms with Crippen molar-refractivity contribution in [3.63, 3.8) is 0 Å². The fraction of sp³-hybridized carbons (Fsp3) is 0.429. The molecule has 0 aliphatic carbocycles. The van der Waals surface area contributed by atoms with Gasteiger partial charge >= 0.3 is 0 Å². The number of fused-ring (bicyclic) bond motifs is 3. The van der Waals surface area contributed by atoms with E-state index in [1.165, 1.54) is 4.68 Å². The van der Waals surface area contributed by atoms with Crippen molar-refractivity contribution < 1.29 is 17.9 Å². The molecule has 0 aromatic carbocycles. The van der Waals surface area contributed by atoms with Crippen molar-refractivity contribution >= 4 is 15.9 Å². The molecule has 0 unspecified atom stereocenters. The van der Waals surface area contributed by atoms with Crippen LogP contribution in [0.2, 0.25) is 0 Å². The van der Waals surface area contributed by atoms with E-state index in [0.717, 1.165) is 6.42 Å². The van der Waals surface area contributed by atoms with Crippen molar-refractivity contribution in [2.75, 3.05) is 6.61 Å². The van der Waals surface area contributed by atoms with Gasteiger partial charge in [0.2, 0.25) is 5.88 Å². The number of hydrogen-bond acceptors (Lipinski definition) is 5. The summed E-state index contributed by atoms with van der Waals surface area (Å²) in [4.78, 5) is 11.2. The highest BCUT2D eigenvalue weighted by Crippen LogP contribution is 2.33. The third-order valence-corrected chi connectivity index (χ3v) is 3.69. The van der Waals surface area contributed by atoms with Crippen LogP contribution in [0.25, 0.3) is 0 Å². The summed E-state index contributed by atoms with van der Waals surface area (Å²) in [6, 6.07) is 0. The zero-order valence-electron chi connectivity index (χ0n) is 7.56. The van der Waals surface area contributed by atoms with Crippen molar-refractivity contribution in [2.45, 2.75) is 17.9 Å². The highest BCUT2D eigenvalue weighted by Gasteiger charge is 2.41. The molecule has 7 nitrogen and oxygen atoms in total. The molecule has 0 atom stereocenters. The number of amides is 1. The Hall–Kier alpha value is -1.57. The maximum absolute atomic E-state index is 11.5. The minimum Gasteiger partial charge on any atom is -0.477 e. The van der Waals surface area contributed by atoms with Gasteiger partial charge in [-0.05, 0) is 0 Å². The molecular formula is C7H7N3O4S. The molecule has 0 fully saturated rings. The summed E-state index contributed by atoms with van der Waals surface area (Å²) >= 11 is 0. The molecule has 0 spiro atoms. The average molecular weight is 229 g/mol. The quantitative estimate of drug-likeness (QED) is 0.622. The van der Waals surface area contributed by atoms with Crippen LogP contribution in [-0.2, 0) is 16.6 Å². The van der Waals surface area contributed by atoms with Crippen LogP contribution in [0.1, 0.15) is 16.9 Å². The molecule has 8 heteroatoms. The second-order valence-corrected chi connectivity index (χ2v) is 4.96. The Bertz CT molecular complexity index is 559. The lowest BCUT2D eigenvalue weighted by atomic mass is 10.4. The smallest absolute Gasteiger partial charge is 0.287 e. The van der Waals surface area contributed by atoms with Crippen molar-refractivity contribution in [3.05, 3.63) is 5.69 Å². The Morgan fingerprint density at radius 1 is 1.47 bits per heavy atom. The SMILES string of the molecule is O=C1NS(=O)(=O)c2c1nn1c2OCCC1. The van der Waals surface area contributed by atoms with Crippen LogP contribution >= 0.6 is 0 Å². The number of nitrogens with zero attached hydrogens (tertiary/aromatic N) is 2. The Balaban J connectivity index is 2.33. The van der Waals surface area contributed by atoms with Gasteiger partial charge < -0.3 is 4.74 Å². The molecule has 2 aliphatic heterocycles. The number of rotatable bonds is 0. The van der Waals surface area contributed by atoms with E-state index in [1.807, 2.05) is 4.72 Å². The van der Waals surface area contributed by atoms with Crippen molar-refractivity contribution in [1.82, 2.24) is 14.5 Å². The first-order chi connectivity index (χ1) is 7.09. The molecular weight excluding hydrogens is 222 g/mol. The maximum Gasteiger partial charge on any atom is 0.287 e. The first-order valence-electron chi connectivity index (χ1n) is 4.40. The van der Waals surface area contributed by atoms with E-state index in [4.69, 9.17) is 4.74 Å². The molecule has 1 aromatic rings. The predicted octanol–water partition coefficient (Wildman–Crippen LogP) is -0.902. The molecule has 3 heterocycles. The molecule has 80 valence electrons. The van der Waals surface area contributed by atoms with E-state index in [0.29, 0.717) is 13.2 Å². The van der Waals surface area contributed by atoms with Gasteiger partial charge in [0.05, 0.1) is 6.61 Å². The van der Waals surface area contributed by atoms with Gasteiger partial charge in [-0.2, -0.15) is 5.10 Å². The second kappa shape index (κ2) is 2.51. The van der Waals surface area contributed by atoms with E-state index < -0.39 is 15.9 Å². The standard InChI is InChI=1S/C7H7N3O4S/c11-6-4-5(15(12,13)9-6)7-10(8-4)2-1-3-14-7/h1-3H2,(H,9,11). The van der Waals surface area contributed by atoms with Crippen LogP contribution in [0.5, 0.6) is 5.88 Å². The largest absolute Gasteiger partial charge is 0.477 e. The summed E-state index contributed by atoms with van der Waals surface area (Å²) in [6.45, 7) is 1.02. The lowest BCUT2D eigenvalue weighted by Gasteiger charge is -2.15. The van der Waals surface area contributed by atoms with Crippen LogP contribution < -0.4 is 9.46 Å². The normalized spacial score (nSPS) is 21.5. The van der Waals surface area contributed by atoms with Crippen LogP contribution in [0.15, 0.2) is 4.90 Å². The Kier molecular flexibility index (Phi) is 1.46. The molecule has 1 amide bonds. The summed E-state index contributed by atoms with van der Waals surface area (Å²) in [5, 5.41) is 3.91. The maximum atomic E-state index is 11.5. The first kappa shape index (κ1) is 8.72. The highest BCUT2D eigenvalue weighted by molar-refractivity contribution is 7.90. The van der Waals surface area contributed by atoms with E-state index in [-0.39, 0.29) is 16.5 Å². The van der Waals surface area contributed by atoms with Crippen LogP contribution in [0, 0.1) is 0 Å². The molecule has 0 saturated heterocycles. The van der Waals surface area contributed by atoms with Crippen molar-refractivity contribution in [1.29, 1.82) is 0 Å². The monoisotopic (exact) mass is 229 g/mol. The van der Waals surface area contributed by atoms with Gasteiger partial charge in [-0.25, -0.2) is 17.8 Å². The minimum absolute atomic E-state index is 0.0631. The third kappa shape index (κ3) is 1.02. The Morgan fingerprint density at radius 2 is 2.27 bits per heavy atom. The summed E-state index contributed by atoms with van der Waals surface area (Å²) in [7, 11) is -3.76. The molecule has 1 aromatic heterocycles. The van der Waals surface area contributed by atoms with E-state index in [9.17, 15) is 13.2 Å². The number of hydrogen-bond donors (Lipinski definition) is 1. The topological polar surface area (TPSA) is 90.3 Å². The third-order valence-electron chi connectivity index (χ3n) is 2.33. The molecule has 15 heavy (non-hydrogen) atoms. The first-order valence-corrected chi connectivity index (χ1v) is 5.89. The van der Waals surface area contributed by atoms with Crippen LogP contribution in [0.3, 0.4) is 0 Å². The Labute approximate surface area is 85.1 Å². The van der Waals surface area contributed by atoms with E-state index in [2.05, 4.69) is 5.10 Å². The molecule has 0 radical (unpaired) electrons. The number of aryl methyl sites for hydroxylation is 1. The number of sulfonamides is 1. The molecule has 3 rings (SSSR count). The Morgan fingerprint density at radius 3 is 3.07 bits per heavy atom. The summed E-state index contributed by atoms with van der Waals surface area (Å²) < 4.78 is 31.6. The van der Waals surface area contributed by atoms with E-state index in [1.54, 1.807) is 0 Å². The van der Waals surface area contributed by atoms with Gasteiger partial charge in [0.1, 0.15) is 0 Å². The fourth-order valence-electron chi connectivity index (χ4n) is 1.72. The van der Waals surface area contributed by atoms with Gasteiger partial charge in [-0.3, -0.25) is 4.79 Å². The van der Waals surface area contributed by atoms with Crippen molar-refractivity contribution in [2.24, 2.45) is 0 Å². The molecule has 2 aliphatic rings.